The van der Waals surface area contributed by atoms with Gasteiger partial charge in [-0.2, -0.15) is 0 Å². The smallest absolute Gasteiger partial charge is 0.326 e. The number of nitrogens with zero attached hydrogens (tertiary/aromatic N) is 4. The van der Waals surface area contributed by atoms with E-state index in [2.05, 4.69) is 62.6 Å². The maximum atomic E-state index is 15.3. The van der Waals surface area contributed by atoms with Gasteiger partial charge in [0.15, 0.2) is 0 Å². The van der Waals surface area contributed by atoms with Crippen molar-refractivity contribution >= 4 is 35.1 Å². The van der Waals surface area contributed by atoms with Gasteiger partial charge in [0.2, 0.25) is 0 Å². The van der Waals surface area contributed by atoms with Crippen LogP contribution in [-0.4, -0.2) is 64.9 Å². The maximum absolute atomic E-state index is 15.3. The molecule has 0 aromatic heterocycles. The topological polar surface area (TPSA) is 48.4 Å². The predicted molar refractivity (Wildman–Crippen MR) is 193 cm³/mol. The second kappa shape index (κ2) is 12.8. The molecule has 3 aromatic carbocycles. The Morgan fingerprint density at radius 1 is 0.894 bits per heavy atom. The van der Waals surface area contributed by atoms with Crippen LogP contribution < -0.4 is 4.74 Å². The fraction of sp³-hybridized carbons (Fsp3) is 0.487. The minimum atomic E-state index is -0.931. The van der Waals surface area contributed by atoms with Gasteiger partial charge >= 0.3 is 6.03 Å². The van der Waals surface area contributed by atoms with Crippen LogP contribution in [0.25, 0.3) is 0 Å². The lowest BCUT2D eigenvalue weighted by atomic mass is 9.71. The van der Waals surface area contributed by atoms with Gasteiger partial charge in [-0.25, -0.2) is 4.79 Å². The number of halogens is 2. The third kappa shape index (κ3) is 6.18. The van der Waals surface area contributed by atoms with Gasteiger partial charge in [0, 0.05) is 35.7 Å². The van der Waals surface area contributed by atoms with Gasteiger partial charge in [0.1, 0.15) is 22.7 Å². The molecule has 0 saturated carbocycles. The molecule has 0 spiro atoms. The van der Waals surface area contributed by atoms with E-state index in [1.165, 1.54) is 12.8 Å². The Balaban J connectivity index is 1.58. The third-order valence-corrected chi connectivity index (χ3v) is 11.0. The molecule has 3 heterocycles. The van der Waals surface area contributed by atoms with E-state index in [9.17, 15) is 0 Å². The number of piperazine rings is 1. The van der Waals surface area contributed by atoms with Crippen LogP contribution in [0.2, 0.25) is 10.0 Å². The molecule has 0 radical (unpaired) electrons. The van der Waals surface area contributed by atoms with Crippen molar-refractivity contribution in [3.8, 4) is 5.75 Å². The normalized spacial score (nSPS) is 25.1. The summed E-state index contributed by atoms with van der Waals surface area (Å²) in [6, 6.07) is 22.4. The maximum Gasteiger partial charge on any atom is 0.326 e. The lowest BCUT2D eigenvalue weighted by molar-refractivity contribution is 0.0454. The molecule has 0 aliphatic carbocycles. The molecule has 3 aliphatic rings. The molecule has 250 valence electrons. The van der Waals surface area contributed by atoms with Crippen LogP contribution in [0.15, 0.2) is 71.7 Å². The van der Waals surface area contributed by atoms with Gasteiger partial charge in [-0.05, 0) is 106 Å². The molecule has 2 fully saturated rings. The third-order valence-electron chi connectivity index (χ3n) is 10.5. The summed E-state index contributed by atoms with van der Waals surface area (Å²) in [5, 5.41) is 1.29. The number of hydrogen-bond acceptors (Lipinski definition) is 4. The monoisotopic (exact) mass is 674 g/mol. The number of benzene rings is 3. The van der Waals surface area contributed by atoms with Gasteiger partial charge in [0.25, 0.3) is 0 Å². The number of hydrogen-bond donors (Lipinski definition) is 0. The Labute approximate surface area is 290 Å². The zero-order valence-corrected chi connectivity index (χ0v) is 30.3. The fourth-order valence-corrected chi connectivity index (χ4v) is 7.82. The molecule has 2 saturated heterocycles. The Morgan fingerprint density at radius 2 is 1.53 bits per heavy atom. The summed E-state index contributed by atoms with van der Waals surface area (Å²) in [4.78, 5) is 27.5. The largest absolute Gasteiger partial charge is 0.490 e. The van der Waals surface area contributed by atoms with Gasteiger partial charge in [-0.15, -0.1) is 0 Å². The van der Waals surface area contributed by atoms with Crippen LogP contribution in [0.3, 0.4) is 0 Å². The number of amidine groups is 1. The van der Waals surface area contributed by atoms with Gasteiger partial charge < -0.3 is 9.64 Å². The molecule has 0 bridgehead atoms. The van der Waals surface area contributed by atoms with Crippen molar-refractivity contribution in [2.24, 2.45) is 4.99 Å². The summed E-state index contributed by atoms with van der Waals surface area (Å²) in [7, 11) is 0. The number of fused-ring (bicyclic) bond motifs is 1. The van der Waals surface area contributed by atoms with Crippen molar-refractivity contribution in [3.05, 3.63) is 99.0 Å². The second-order valence-corrected chi connectivity index (χ2v) is 15.8. The number of piperidine rings is 1. The first kappa shape index (κ1) is 33.8. The summed E-state index contributed by atoms with van der Waals surface area (Å²) in [5.74, 6) is 1.33. The quantitative estimate of drug-likeness (QED) is 0.271. The number of rotatable bonds is 5. The van der Waals surface area contributed by atoms with E-state index in [1.54, 1.807) is 0 Å². The number of urea groups is 1. The lowest BCUT2D eigenvalue weighted by Crippen LogP contribution is -2.63. The first-order valence-corrected chi connectivity index (χ1v) is 17.7. The molecule has 47 heavy (non-hydrogen) atoms. The van der Waals surface area contributed by atoms with Crippen LogP contribution >= 0.6 is 23.2 Å². The van der Waals surface area contributed by atoms with Crippen molar-refractivity contribution < 1.29 is 9.53 Å². The van der Waals surface area contributed by atoms with E-state index in [4.69, 9.17) is 32.9 Å². The van der Waals surface area contributed by atoms with E-state index in [0.717, 1.165) is 47.5 Å². The first-order valence-electron chi connectivity index (χ1n) is 17.0. The molecule has 3 aromatic rings. The molecule has 3 aliphatic heterocycles. The Hall–Kier alpha value is -3.06. The molecule has 3 atom stereocenters. The van der Waals surface area contributed by atoms with Crippen molar-refractivity contribution in [2.45, 2.75) is 96.4 Å². The average Bonchev–Trinajstić information content (AvgIpc) is 3.28. The van der Waals surface area contributed by atoms with E-state index in [0.29, 0.717) is 35.0 Å². The highest BCUT2D eigenvalue weighted by Gasteiger charge is 2.60. The summed E-state index contributed by atoms with van der Waals surface area (Å²) in [6.45, 7) is 18.3. The zero-order valence-electron chi connectivity index (χ0n) is 28.8. The van der Waals surface area contributed by atoms with E-state index in [1.807, 2.05) is 67.3 Å². The molecule has 1 unspecified atom stereocenters. The van der Waals surface area contributed by atoms with Crippen LogP contribution in [0.1, 0.15) is 90.0 Å². The Morgan fingerprint density at radius 3 is 2.15 bits per heavy atom. The minimum Gasteiger partial charge on any atom is -0.490 e. The highest BCUT2D eigenvalue weighted by atomic mass is 35.5. The minimum absolute atomic E-state index is 0.0421. The van der Waals surface area contributed by atoms with E-state index < -0.39 is 11.1 Å². The zero-order chi connectivity index (χ0) is 33.7. The van der Waals surface area contributed by atoms with Crippen molar-refractivity contribution in [2.75, 3.05) is 26.2 Å². The molecule has 2 amide bonds. The number of aliphatic imine (C=N–C) groups is 1. The fourth-order valence-electron chi connectivity index (χ4n) is 7.56. The van der Waals surface area contributed by atoms with Crippen LogP contribution in [0.5, 0.6) is 5.75 Å². The summed E-state index contributed by atoms with van der Waals surface area (Å²) >= 11 is 12.9. The summed E-state index contributed by atoms with van der Waals surface area (Å²) in [6.07, 6.45) is 3.47. The molecular formula is C39H48Cl2N4O2. The van der Waals surface area contributed by atoms with Gasteiger partial charge in [-0.1, -0.05) is 80.7 Å². The summed E-state index contributed by atoms with van der Waals surface area (Å²) in [5.41, 5.74) is 1.95. The molecule has 6 rings (SSSR count). The van der Waals surface area contributed by atoms with E-state index >= 15 is 4.79 Å². The molecule has 0 N–H and O–H groups in total. The first-order chi connectivity index (χ1) is 22.2. The highest BCUT2D eigenvalue weighted by Crippen LogP contribution is 2.54. The van der Waals surface area contributed by atoms with Crippen molar-refractivity contribution in [1.82, 2.24) is 14.7 Å². The predicted octanol–water partition coefficient (Wildman–Crippen LogP) is 9.26. The van der Waals surface area contributed by atoms with E-state index in [-0.39, 0.29) is 17.6 Å². The standard InChI is InChI=1S/C39H48Cl2N4O2/c1-26(2)47-34-24-29(37(3,4)5)15-20-33(34)35-42-38(6,27-11-16-30(40)17-12-27)39(7,28-13-18-31(41)19-14-28)45(35)36(46)44-23-22-43-21-9-8-10-32(43)25-44/h11-20,24,26,32H,8-10,21-23,25H2,1-7H3/t32?,38-,39-/m0/s1. The SMILES string of the molecule is CC(C)Oc1cc(C(C)(C)C)ccc1C1=N[C@@](C)(c2ccc(Cl)cc2)[C@](C)(c2ccc(Cl)cc2)N1C(=O)N1CCN2CCCCC2C1. The van der Waals surface area contributed by atoms with Crippen LogP contribution in [-0.2, 0) is 16.5 Å². The van der Waals surface area contributed by atoms with Crippen molar-refractivity contribution in [1.29, 1.82) is 0 Å². The molecule has 6 nitrogen and oxygen atoms in total. The Kier molecular flexibility index (Phi) is 9.18. The van der Waals surface area contributed by atoms with Crippen molar-refractivity contribution in [3.63, 3.8) is 0 Å². The highest BCUT2D eigenvalue weighted by molar-refractivity contribution is 6.30. The number of amides is 2. The number of carbonyl (C=O) groups excluding carboxylic acids is 1. The lowest BCUT2D eigenvalue weighted by Gasteiger charge is -2.49. The van der Waals surface area contributed by atoms with Gasteiger partial charge in [-0.3, -0.25) is 14.8 Å². The summed E-state index contributed by atoms with van der Waals surface area (Å²) < 4.78 is 6.54. The van der Waals surface area contributed by atoms with Crippen LogP contribution in [0.4, 0.5) is 4.79 Å². The van der Waals surface area contributed by atoms with Gasteiger partial charge in [0.05, 0.1) is 11.7 Å². The molecular weight excluding hydrogens is 627 g/mol. The Bertz CT molecular complexity index is 1650. The molecule has 8 heteroatoms. The number of ether oxygens (including phenoxy) is 1. The van der Waals surface area contributed by atoms with Crippen LogP contribution in [0, 0.1) is 0 Å². The average molecular weight is 676 g/mol. The second-order valence-electron chi connectivity index (χ2n) is 15.0. The number of carbonyl (C=O) groups is 1.